The summed E-state index contributed by atoms with van der Waals surface area (Å²) in [7, 11) is 1.44. The number of aryl methyl sites for hydroxylation is 1. The summed E-state index contributed by atoms with van der Waals surface area (Å²) in [5, 5.41) is 5.70. The average molecular weight is 488 g/mol. The molecule has 0 unspecified atom stereocenters. The third-order valence-electron chi connectivity index (χ3n) is 5.91. The molecule has 8 heteroatoms. The third kappa shape index (κ3) is 6.09. The predicted octanol–water partition coefficient (Wildman–Crippen LogP) is 3.96. The molecule has 0 saturated carbocycles. The highest BCUT2D eigenvalue weighted by Gasteiger charge is 2.47. The Bertz CT molecular complexity index is 1210. The zero-order valence-electron chi connectivity index (χ0n) is 20.3. The number of ether oxygens (including phenoxy) is 2. The summed E-state index contributed by atoms with van der Waals surface area (Å²) in [6.07, 6.45) is -1.42. The van der Waals surface area contributed by atoms with Crippen molar-refractivity contribution in [3.05, 3.63) is 101 Å². The SMILES string of the molecule is COCC(=O)Nc1cccc([C@@H]2OC(=O)N(Cc3ccc(C)cc3)[C@@H]2C(=O)NCc2ccccc2)c1. The molecule has 3 aromatic rings. The number of carbonyl (C=O) groups is 3. The highest BCUT2D eigenvalue weighted by molar-refractivity contribution is 5.92. The van der Waals surface area contributed by atoms with E-state index in [1.54, 1.807) is 24.3 Å². The summed E-state index contributed by atoms with van der Waals surface area (Å²) in [5.74, 6) is -0.633. The van der Waals surface area contributed by atoms with Gasteiger partial charge in [-0.3, -0.25) is 14.5 Å². The number of hydrogen-bond acceptors (Lipinski definition) is 5. The van der Waals surface area contributed by atoms with Gasteiger partial charge in [0.15, 0.2) is 12.1 Å². The van der Waals surface area contributed by atoms with Crippen LogP contribution < -0.4 is 10.6 Å². The Labute approximate surface area is 210 Å². The number of benzene rings is 3. The minimum atomic E-state index is -0.896. The van der Waals surface area contributed by atoms with Crippen molar-refractivity contribution in [2.45, 2.75) is 32.2 Å². The predicted molar refractivity (Wildman–Crippen MR) is 135 cm³/mol. The summed E-state index contributed by atoms with van der Waals surface area (Å²) >= 11 is 0. The van der Waals surface area contributed by atoms with E-state index in [0.29, 0.717) is 17.8 Å². The molecule has 8 nitrogen and oxygen atoms in total. The van der Waals surface area contributed by atoms with Crippen molar-refractivity contribution in [2.24, 2.45) is 0 Å². The van der Waals surface area contributed by atoms with Crippen LogP contribution in [0.25, 0.3) is 0 Å². The first-order valence-corrected chi connectivity index (χ1v) is 11.7. The molecule has 3 amide bonds. The highest BCUT2D eigenvalue weighted by atomic mass is 16.6. The maximum atomic E-state index is 13.5. The number of nitrogens with one attached hydrogen (secondary N) is 2. The number of nitrogens with zero attached hydrogens (tertiary/aromatic N) is 1. The second kappa shape index (κ2) is 11.5. The van der Waals surface area contributed by atoms with Gasteiger partial charge in [-0.25, -0.2) is 4.79 Å². The van der Waals surface area contributed by atoms with Gasteiger partial charge < -0.3 is 20.1 Å². The molecule has 0 radical (unpaired) electrons. The molecule has 2 atom stereocenters. The van der Waals surface area contributed by atoms with Crippen molar-refractivity contribution in [1.82, 2.24) is 10.2 Å². The molecular formula is C28H29N3O5. The van der Waals surface area contributed by atoms with E-state index in [1.807, 2.05) is 61.5 Å². The number of carbonyl (C=O) groups excluding carboxylic acids is 3. The molecule has 3 aromatic carbocycles. The molecular weight excluding hydrogens is 458 g/mol. The lowest BCUT2D eigenvalue weighted by molar-refractivity contribution is -0.126. The Kier molecular flexibility index (Phi) is 7.97. The van der Waals surface area contributed by atoms with Gasteiger partial charge in [0.1, 0.15) is 6.61 Å². The van der Waals surface area contributed by atoms with E-state index in [4.69, 9.17) is 9.47 Å². The van der Waals surface area contributed by atoms with Gasteiger partial charge in [-0.15, -0.1) is 0 Å². The van der Waals surface area contributed by atoms with Crippen LogP contribution in [0.2, 0.25) is 0 Å². The summed E-state index contributed by atoms with van der Waals surface area (Å²) in [6.45, 7) is 2.45. The Morgan fingerprint density at radius 3 is 2.44 bits per heavy atom. The van der Waals surface area contributed by atoms with Crippen molar-refractivity contribution in [2.75, 3.05) is 19.0 Å². The van der Waals surface area contributed by atoms with Crippen LogP contribution in [0.3, 0.4) is 0 Å². The van der Waals surface area contributed by atoms with E-state index in [-0.39, 0.29) is 25.0 Å². The normalized spacial score (nSPS) is 16.9. The van der Waals surface area contributed by atoms with Gasteiger partial charge in [-0.2, -0.15) is 0 Å². The molecule has 0 aromatic heterocycles. The van der Waals surface area contributed by atoms with Gasteiger partial charge in [-0.05, 0) is 35.7 Å². The third-order valence-corrected chi connectivity index (χ3v) is 5.91. The number of methoxy groups -OCH3 is 1. The Morgan fingerprint density at radius 2 is 1.72 bits per heavy atom. The van der Waals surface area contributed by atoms with E-state index < -0.39 is 18.2 Å². The Balaban J connectivity index is 1.60. The van der Waals surface area contributed by atoms with Crippen molar-refractivity contribution in [3.8, 4) is 0 Å². The first-order chi connectivity index (χ1) is 17.4. The van der Waals surface area contributed by atoms with Crippen molar-refractivity contribution in [1.29, 1.82) is 0 Å². The fraction of sp³-hybridized carbons (Fsp3) is 0.250. The number of rotatable bonds is 9. The van der Waals surface area contributed by atoms with Crippen molar-refractivity contribution >= 4 is 23.6 Å². The van der Waals surface area contributed by atoms with Crippen LogP contribution in [0.4, 0.5) is 10.5 Å². The largest absolute Gasteiger partial charge is 0.438 e. The van der Waals surface area contributed by atoms with Crippen LogP contribution in [0, 0.1) is 6.92 Å². The minimum absolute atomic E-state index is 0.0858. The highest BCUT2D eigenvalue weighted by Crippen LogP contribution is 2.35. The number of cyclic esters (lactones) is 1. The van der Waals surface area contributed by atoms with Gasteiger partial charge >= 0.3 is 6.09 Å². The number of hydrogen-bond donors (Lipinski definition) is 2. The second-order valence-corrected chi connectivity index (χ2v) is 8.67. The number of anilines is 1. The molecule has 0 spiro atoms. The topological polar surface area (TPSA) is 97.0 Å². The van der Waals surface area contributed by atoms with Crippen LogP contribution in [-0.2, 0) is 32.2 Å². The fourth-order valence-electron chi connectivity index (χ4n) is 4.11. The molecule has 0 aliphatic carbocycles. The van der Waals surface area contributed by atoms with E-state index in [2.05, 4.69) is 10.6 Å². The standard InChI is InChI=1S/C28H29N3O5/c1-19-11-13-21(14-12-19)17-31-25(27(33)29-16-20-7-4-3-5-8-20)26(36-28(31)34)22-9-6-10-23(15-22)30-24(32)18-35-2/h3-15,25-26H,16-18H2,1-2H3,(H,29,33)(H,30,32)/t25-,26-/m0/s1. The van der Waals surface area contributed by atoms with Gasteiger partial charge in [0.25, 0.3) is 0 Å². The van der Waals surface area contributed by atoms with E-state index in [0.717, 1.165) is 16.7 Å². The molecule has 1 aliphatic heterocycles. The maximum Gasteiger partial charge on any atom is 0.411 e. The Hall–Kier alpha value is -4.17. The summed E-state index contributed by atoms with van der Waals surface area (Å²) in [6, 6.07) is 23.4. The van der Waals surface area contributed by atoms with Gasteiger partial charge in [0.2, 0.25) is 11.8 Å². The van der Waals surface area contributed by atoms with Gasteiger partial charge in [0, 0.05) is 19.3 Å². The monoisotopic (exact) mass is 487 g/mol. The van der Waals surface area contributed by atoms with Crippen LogP contribution in [0.1, 0.15) is 28.4 Å². The zero-order chi connectivity index (χ0) is 25.5. The van der Waals surface area contributed by atoms with Crippen molar-refractivity contribution in [3.63, 3.8) is 0 Å². The zero-order valence-corrected chi connectivity index (χ0v) is 20.3. The average Bonchev–Trinajstić information content (AvgIpc) is 3.20. The lowest BCUT2D eigenvalue weighted by Crippen LogP contribution is -2.46. The summed E-state index contributed by atoms with van der Waals surface area (Å²) < 4.78 is 10.6. The van der Waals surface area contributed by atoms with E-state index in [1.165, 1.54) is 12.0 Å². The minimum Gasteiger partial charge on any atom is -0.438 e. The molecule has 1 fully saturated rings. The Morgan fingerprint density at radius 1 is 0.972 bits per heavy atom. The fourth-order valence-corrected chi connectivity index (χ4v) is 4.11. The molecule has 4 rings (SSSR count). The first-order valence-electron chi connectivity index (χ1n) is 11.7. The van der Waals surface area contributed by atoms with Crippen LogP contribution in [-0.4, -0.2) is 42.6 Å². The van der Waals surface area contributed by atoms with Crippen LogP contribution in [0.15, 0.2) is 78.9 Å². The smallest absolute Gasteiger partial charge is 0.411 e. The van der Waals surface area contributed by atoms with Crippen LogP contribution >= 0.6 is 0 Å². The summed E-state index contributed by atoms with van der Waals surface area (Å²) in [4.78, 5) is 39.9. The maximum absolute atomic E-state index is 13.5. The van der Waals surface area contributed by atoms with E-state index in [9.17, 15) is 14.4 Å². The van der Waals surface area contributed by atoms with E-state index >= 15 is 0 Å². The number of amides is 3. The molecule has 186 valence electrons. The lowest BCUT2D eigenvalue weighted by Gasteiger charge is -2.24. The van der Waals surface area contributed by atoms with Crippen LogP contribution in [0.5, 0.6) is 0 Å². The second-order valence-electron chi connectivity index (χ2n) is 8.67. The molecule has 0 bridgehead atoms. The van der Waals surface area contributed by atoms with Gasteiger partial charge in [0.05, 0.1) is 6.54 Å². The first kappa shape index (κ1) is 24.9. The molecule has 1 heterocycles. The molecule has 2 N–H and O–H groups in total. The summed E-state index contributed by atoms with van der Waals surface area (Å²) in [5.41, 5.74) is 4.06. The molecule has 1 aliphatic rings. The lowest BCUT2D eigenvalue weighted by atomic mass is 10.00. The van der Waals surface area contributed by atoms with Gasteiger partial charge in [-0.1, -0.05) is 72.3 Å². The molecule has 1 saturated heterocycles. The van der Waals surface area contributed by atoms with Crippen molar-refractivity contribution < 1.29 is 23.9 Å². The molecule has 36 heavy (non-hydrogen) atoms. The quantitative estimate of drug-likeness (QED) is 0.476.